The largest absolute Gasteiger partial charge is 0.463 e. The van der Waals surface area contributed by atoms with Gasteiger partial charge in [0.15, 0.2) is 0 Å². The number of halogens is 2. The lowest BCUT2D eigenvalue weighted by Gasteiger charge is -2.16. The Labute approximate surface area is 184 Å². The van der Waals surface area contributed by atoms with Gasteiger partial charge in [-0.1, -0.05) is 37.3 Å². The summed E-state index contributed by atoms with van der Waals surface area (Å²) in [6.45, 7) is 6.19. The van der Waals surface area contributed by atoms with E-state index in [1.54, 1.807) is 27.1 Å². The van der Waals surface area contributed by atoms with E-state index in [0.29, 0.717) is 13.0 Å². The van der Waals surface area contributed by atoms with Crippen molar-refractivity contribution in [1.29, 1.82) is 0 Å². The Bertz CT molecular complexity index is 753. The zero-order chi connectivity index (χ0) is 19.8. The van der Waals surface area contributed by atoms with E-state index in [1.165, 1.54) is 5.56 Å². The minimum absolute atomic E-state index is 0. The molecule has 0 aliphatic heterocycles. The summed E-state index contributed by atoms with van der Waals surface area (Å²) in [5.41, 5.74) is 7.90. The van der Waals surface area contributed by atoms with Crippen molar-refractivity contribution in [2.75, 3.05) is 6.54 Å². The van der Waals surface area contributed by atoms with Crippen molar-refractivity contribution in [3.63, 3.8) is 0 Å². The number of ether oxygens (including phenoxy) is 1. The molecule has 2 atom stereocenters. The van der Waals surface area contributed by atoms with Gasteiger partial charge in [0.25, 0.3) is 0 Å². The van der Waals surface area contributed by atoms with Crippen LogP contribution in [0.2, 0.25) is 0 Å². The number of nitrogens with zero attached hydrogens (tertiary/aromatic N) is 2. The zero-order valence-corrected chi connectivity index (χ0v) is 18.5. The molecule has 1 aromatic carbocycles. The third-order valence-electron chi connectivity index (χ3n) is 4.00. The maximum absolute atomic E-state index is 12.2. The molecule has 2 rings (SSSR count). The van der Waals surface area contributed by atoms with Crippen LogP contribution in [0.3, 0.4) is 0 Å². The second-order valence-corrected chi connectivity index (χ2v) is 6.97. The van der Waals surface area contributed by atoms with E-state index >= 15 is 0 Å². The number of rotatable bonds is 9. The van der Waals surface area contributed by atoms with E-state index in [4.69, 9.17) is 10.5 Å². The minimum atomic E-state index is -0.724. The van der Waals surface area contributed by atoms with Gasteiger partial charge in [-0.15, -0.1) is 24.8 Å². The highest BCUT2D eigenvalue weighted by Crippen LogP contribution is 2.06. The van der Waals surface area contributed by atoms with Gasteiger partial charge in [0, 0.05) is 25.7 Å². The lowest BCUT2D eigenvalue weighted by molar-refractivity contribution is -0.151. The van der Waals surface area contributed by atoms with Crippen LogP contribution in [0.1, 0.15) is 32.0 Å². The molecule has 1 unspecified atom stereocenters. The van der Waals surface area contributed by atoms with Gasteiger partial charge in [0.1, 0.15) is 0 Å². The fraction of sp³-hybridized carbons (Fsp3) is 0.450. The Morgan fingerprint density at radius 3 is 2.45 bits per heavy atom. The summed E-state index contributed by atoms with van der Waals surface area (Å²) in [5.74, 6) is -1.07. The molecule has 0 saturated heterocycles. The third-order valence-corrected chi connectivity index (χ3v) is 4.00. The van der Waals surface area contributed by atoms with E-state index in [-0.39, 0.29) is 49.3 Å². The highest BCUT2D eigenvalue weighted by molar-refractivity contribution is 5.85. The van der Waals surface area contributed by atoms with Crippen LogP contribution in [0.4, 0.5) is 0 Å². The maximum Gasteiger partial charge on any atom is 0.310 e. The molecule has 2 aromatic rings. The SMILES string of the molecule is CC(C)OC(=O)C(C)CNC(=O)[C@@H](N)Cc1cn(Cc2ccccc2)cn1.Cl.Cl. The lowest BCUT2D eigenvalue weighted by atomic mass is 10.1. The summed E-state index contributed by atoms with van der Waals surface area (Å²) in [6.07, 6.45) is 3.78. The molecular weight excluding hydrogens is 415 g/mol. The molecule has 0 radical (unpaired) electrons. The number of carbonyl (C=O) groups is 2. The topological polar surface area (TPSA) is 99.2 Å². The van der Waals surface area contributed by atoms with Crippen LogP contribution < -0.4 is 11.1 Å². The van der Waals surface area contributed by atoms with Crippen LogP contribution >= 0.6 is 24.8 Å². The minimum Gasteiger partial charge on any atom is -0.463 e. The molecule has 0 fully saturated rings. The van der Waals surface area contributed by atoms with Crippen molar-refractivity contribution >= 4 is 36.7 Å². The predicted octanol–water partition coefficient (Wildman–Crippen LogP) is 2.35. The van der Waals surface area contributed by atoms with Crippen LogP contribution in [0.15, 0.2) is 42.9 Å². The first kappa shape index (κ1) is 26.9. The number of esters is 1. The Balaban J connectivity index is 0.00000392. The fourth-order valence-electron chi connectivity index (χ4n) is 2.53. The zero-order valence-electron chi connectivity index (χ0n) is 16.9. The molecule has 0 spiro atoms. The smallest absolute Gasteiger partial charge is 0.310 e. The first-order valence-corrected chi connectivity index (χ1v) is 9.13. The lowest BCUT2D eigenvalue weighted by Crippen LogP contribution is -2.44. The summed E-state index contributed by atoms with van der Waals surface area (Å²) < 4.78 is 7.08. The molecule has 3 N–H and O–H groups in total. The highest BCUT2D eigenvalue weighted by Gasteiger charge is 2.20. The molecule has 1 aromatic heterocycles. The summed E-state index contributed by atoms with van der Waals surface area (Å²) in [4.78, 5) is 28.3. The van der Waals surface area contributed by atoms with Crippen molar-refractivity contribution in [2.24, 2.45) is 11.7 Å². The summed E-state index contributed by atoms with van der Waals surface area (Å²) in [6, 6.07) is 9.33. The van der Waals surface area contributed by atoms with Crippen LogP contribution in [-0.2, 0) is 27.3 Å². The Morgan fingerprint density at radius 1 is 1.17 bits per heavy atom. The van der Waals surface area contributed by atoms with E-state index in [9.17, 15) is 9.59 Å². The van der Waals surface area contributed by atoms with E-state index < -0.39 is 12.0 Å². The molecule has 29 heavy (non-hydrogen) atoms. The van der Waals surface area contributed by atoms with Crippen molar-refractivity contribution < 1.29 is 14.3 Å². The first-order chi connectivity index (χ1) is 12.8. The number of carbonyl (C=O) groups excluding carboxylic acids is 2. The second-order valence-electron chi connectivity index (χ2n) is 6.97. The molecule has 0 aliphatic carbocycles. The third kappa shape index (κ3) is 9.30. The number of imidazole rings is 1. The molecular formula is C20H30Cl2N4O3. The van der Waals surface area contributed by atoms with Gasteiger partial charge < -0.3 is 20.4 Å². The summed E-state index contributed by atoms with van der Waals surface area (Å²) in [7, 11) is 0. The first-order valence-electron chi connectivity index (χ1n) is 9.13. The molecule has 0 bridgehead atoms. The summed E-state index contributed by atoms with van der Waals surface area (Å²) in [5, 5.41) is 2.70. The molecule has 7 nitrogen and oxygen atoms in total. The molecule has 162 valence electrons. The van der Waals surface area contributed by atoms with Crippen molar-refractivity contribution in [3.8, 4) is 0 Å². The standard InChI is InChI=1S/C20H28N4O3.2ClH/c1-14(2)27-20(26)15(3)10-22-19(25)18(21)9-17-12-24(13-23-17)11-16-7-5-4-6-8-16;;/h4-8,12-15,18H,9-11,21H2,1-3H3,(H,22,25);2*1H/t15?,18-;;/m0../s1. The number of aromatic nitrogens is 2. The Hall–Kier alpha value is -2.09. The van der Waals surface area contributed by atoms with Gasteiger partial charge in [-0.2, -0.15) is 0 Å². The van der Waals surface area contributed by atoms with Crippen LogP contribution in [0.25, 0.3) is 0 Å². The molecule has 0 aliphatic rings. The van der Waals surface area contributed by atoms with E-state index in [2.05, 4.69) is 10.3 Å². The summed E-state index contributed by atoms with van der Waals surface area (Å²) >= 11 is 0. The average Bonchev–Trinajstić information content (AvgIpc) is 3.06. The fourth-order valence-corrected chi connectivity index (χ4v) is 2.53. The predicted molar refractivity (Wildman–Crippen MR) is 117 cm³/mol. The van der Waals surface area contributed by atoms with Crippen molar-refractivity contribution in [1.82, 2.24) is 14.9 Å². The van der Waals surface area contributed by atoms with Crippen LogP contribution in [0.5, 0.6) is 0 Å². The second kappa shape index (κ2) is 13.2. The number of amides is 1. The van der Waals surface area contributed by atoms with Crippen LogP contribution in [0, 0.1) is 5.92 Å². The van der Waals surface area contributed by atoms with Gasteiger partial charge in [0.2, 0.25) is 5.91 Å². The highest BCUT2D eigenvalue weighted by atomic mass is 35.5. The van der Waals surface area contributed by atoms with Crippen LogP contribution in [-0.4, -0.2) is 40.1 Å². The molecule has 0 saturated carbocycles. The molecule has 9 heteroatoms. The normalized spacial score (nSPS) is 12.3. The average molecular weight is 445 g/mol. The molecule has 1 heterocycles. The molecule has 1 amide bonds. The number of hydrogen-bond donors (Lipinski definition) is 2. The van der Waals surface area contributed by atoms with Gasteiger partial charge in [-0.25, -0.2) is 4.98 Å². The van der Waals surface area contributed by atoms with Gasteiger partial charge in [-0.05, 0) is 19.4 Å². The van der Waals surface area contributed by atoms with Gasteiger partial charge >= 0.3 is 5.97 Å². The van der Waals surface area contributed by atoms with Crippen molar-refractivity contribution in [2.45, 2.75) is 45.9 Å². The van der Waals surface area contributed by atoms with E-state index in [1.807, 2.05) is 41.1 Å². The number of nitrogens with one attached hydrogen (secondary N) is 1. The monoisotopic (exact) mass is 444 g/mol. The maximum atomic E-state index is 12.2. The number of hydrogen-bond acceptors (Lipinski definition) is 5. The Kier molecular flexibility index (Phi) is 12.2. The van der Waals surface area contributed by atoms with Gasteiger partial charge in [0.05, 0.1) is 30.1 Å². The van der Waals surface area contributed by atoms with Gasteiger partial charge in [-0.3, -0.25) is 9.59 Å². The number of benzene rings is 1. The number of nitrogens with two attached hydrogens (primary N) is 1. The van der Waals surface area contributed by atoms with E-state index in [0.717, 1.165) is 5.69 Å². The quantitative estimate of drug-likeness (QED) is 0.578. The van der Waals surface area contributed by atoms with Crippen molar-refractivity contribution in [3.05, 3.63) is 54.1 Å². The Morgan fingerprint density at radius 2 is 1.83 bits per heavy atom.